The first-order valence-corrected chi connectivity index (χ1v) is 5.14. The fraction of sp³-hybridized carbons (Fsp3) is 0.500. The van der Waals surface area contributed by atoms with Gasteiger partial charge in [0, 0.05) is 0 Å². The van der Waals surface area contributed by atoms with Gasteiger partial charge in [-0.1, -0.05) is 25.2 Å². The number of allylic oxidation sites excluding steroid dienone is 3. The molecule has 4 nitrogen and oxygen atoms in total. The van der Waals surface area contributed by atoms with Crippen molar-refractivity contribution in [3.8, 4) is 0 Å². The molecule has 0 radical (unpaired) electrons. The second-order valence-corrected chi connectivity index (χ2v) is 3.79. The van der Waals surface area contributed by atoms with E-state index in [9.17, 15) is 9.59 Å². The third kappa shape index (κ3) is 2.72. The summed E-state index contributed by atoms with van der Waals surface area (Å²) in [7, 11) is 2.62. The van der Waals surface area contributed by atoms with Crippen LogP contribution in [0.3, 0.4) is 0 Å². The Kier molecular flexibility index (Phi) is 4.28. The van der Waals surface area contributed by atoms with Crippen LogP contribution in [-0.4, -0.2) is 26.2 Å². The molecular weight excluding hydrogens is 208 g/mol. The summed E-state index contributed by atoms with van der Waals surface area (Å²) in [6, 6.07) is 0. The molecule has 0 heterocycles. The van der Waals surface area contributed by atoms with Crippen LogP contribution in [0.25, 0.3) is 0 Å². The topological polar surface area (TPSA) is 52.6 Å². The second-order valence-electron chi connectivity index (χ2n) is 3.79. The molecule has 0 spiro atoms. The largest absolute Gasteiger partial charge is 0.469 e. The van der Waals surface area contributed by atoms with E-state index in [0.717, 1.165) is 0 Å². The molecule has 2 atom stereocenters. The maximum atomic E-state index is 11.6. The highest BCUT2D eigenvalue weighted by atomic mass is 16.5. The van der Waals surface area contributed by atoms with Gasteiger partial charge >= 0.3 is 11.9 Å². The molecule has 0 aliphatic heterocycles. The van der Waals surface area contributed by atoms with E-state index in [4.69, 9.17) is 4.74 Å². The van der Waals surface area contributed by atoms with Crippen molar-refractivity contribution in [1.82, 2.24) is 0 Å². The van der Waals surface area contributed by atoms with Gasteiger partial charge in [-0.3, -0.25) is 4.79 Å². The van der Waals surface area contributed by atoms with E-state index in [0.29, 0.717) is 12.0 Å². The van der Waals surface area contributed by atoms with E-state index >= 15 is 0 Å². The van der Waals surface area contributed by atoms with E-state index in [1.165, 1.54) is 14.2 Å². The van der Waals surface area contributed by atoms with Crippen molar-refractivity contribution in [1.29, 1.82) is 0 Å². The van der Waals surface area contributed by atoms with Crippen LogP contribution in [0.4, 0.5) is 0 Å². The maximum absolute atomic E-state index is 11.6. The summed E-state index contributed by atoms with van der Waals surface area (Å²) in [5.74, 6) is -1.19. The number of methoxy groups -OCH3 is 2. The molecule has 4 heteroatoms. The quantitative estimate of drug-likeness (QED) is 0.666. The van der Waals surface area contributed by atoms with E-state index in [1.807, 2.05) is 13.0 Å². The lowest BCUT2D eigenvalue weighted by atomic mass is 9.91. The Morgan fingerprint density at radius 2 is 2.00 bits per heavy atom. The summed E-state index contributed by atoms with van der Waals surface area (Å²) in [6.07, 6.45) is 5.91. The third-order valence-electron chi connectivity index (χ3n) is 2.61. The summed E-state index contributed by atoms with van der Waals surface area (Å²) in [5.41, 5.74) is 0.356. The number of hydrogen-bond acceptors (Lipinski definition) is 4. The van der Waals surface area contributed by atoms with Gasteiger partial charge < -0.3 is 9.47 Å². The minimum atomic E-state index is -0.539. The second kappa shape index (κ2) is 5.49. The fourth-order valence-corrected chi connectivity index (χ4v) is 1.74. The van der Waals surface area contributed by atoms with Crippen molar-refractivity contribution in [2.75, 3.05) is 14.2 Å². The van der Waals surface area contributed by atoms with E-state index < -0.39 is 17.9 Å². The first-order chi connectivity index (χ1) is 7.60. The highest BCUT2D eigenvalue weighted by molar-refractivity contribution is 5.95. The summed E-state index contributed by atoms with van der Waals surface area (Å²) < 4.78 is 9.36. The molecule has 0 aromatic heterocycles. The van der Waals surface area contributed by atoms with Crippen LogP contribution in [0.2, 0.25) is 0 Å². The highest BCUT2D eigenvalue weighted by Crippen LogP contribution is 2.26. The van der Waals surface area contributed by atoms with Crippen molar-refractivity contribution in [2.45, 2.75) is 13.3 Å². The molecule has 0 fully saturated rings. The zero-order chi connectivity index (χ0) is 12.1. The number of carbonyl (C=O) groups is 2. The fourth-order valence-electron chi connectivity index (χ4n) is 1.74. The molecule has 1 rings (SSSR count). The maximum Gasteiger partial charge on any atom is 0.334 e. The van der Waals surface area contributed by atoms with Gasteiger partial charge in [-0.05, 0) is 12.3 Å². The lowest BCUT2D eigenvalue weighted by Crippen LogP contribution is -2.24. The lowest BCUT2D eigenvalue weighted by Gasteiger charge is -2.16. The third-order valence-corrected chi connectivity index (χ3v) is 2.61. The smallest absolute Gasteiger partial charge is 0.334 e. The van der Waals surface area contributed by atoms with Gasteiger partial charge in [0.15, 0.2) is 0 Å². The standard InChI is InChI=1S/C12H16O4/c1-8-5-4-6-9(11(13)15-2)10(7-8)12(14)16-3/h4-6,8,10H,7H2,1-3H3. The number of ether oxygens (including phenoxy) is 2. The lowest BCUT2D eigenvalue weighted by molar-refractivity contribution is -0.147. The Balaban J connectivity index is 2.99. The van der Waals surface area contributed by atoms with Gasteiger partial charge in [0.2, 0.25) is 0 Å². The molecule has 0 N–H and O–H groups in total. The zero-order valence-corrected chi connectivity index (χ0v) is 9.73. The average molecular weight is 224 g/mol. The molecule has 0 aromatic rings. The van der Waals surface area contributed by atoms with Gasteiger partial charge in [-0.15, -0.1) is 0 Å². The molecule has 0 aromatic carbocycles. The first-order valence-electron chi connectivity index (χ1n) is 5.14. The van der Waals surface area contributed by atoms with Crippen LogP contribution in [0.1, 0.15) is 13.3 Å². The van der Waals surface area contributed by atoms with Crippen molar-refractivity contribution in [3.63, 3.8) is 0 Å². The van der Waals surface area contributed by atoms with Crippen molar-refractivity contribution >= 4 is 11.9 Å². The minimum absolute atomic E-state index is 0.225. The molecule has 2 unspecified atom stereocenters. The monoisotopic (exact) mass is 224 g/mol. The number of esters is 2. The minimum Gasteiger partial charge on any atom is -0.469 e. The molecule has 0 bridgehead atoms. The van der Waals surface area contributed by atoms with Crippen molar-refractivity contribution in [3.05, 3.63) is 23.8 Å². The van der Waals surface area contributed by atoms with Gasteiger partial charge in [0.25, 0.3) is 0 Å². The molecule has 0 amide bonds. The van der Waals surface area contributed by atoms with Crippen LogP contribution in [0, 0.1) is 11.8 Å². The van der Waals surface area contributed by atoms with Gasteiger partial charge in [-0.2, -0.15) is 0 Å². The van der Waals surface area contributed by atoms with Crippen molar-refractivity contribution in [2.24, 2.45) is 11.8 Å². The van der Waals surface area contributed by atoms with Gasteiger partial charge in [-0.25, -0.2) is 4.79 Å². The van der Waals surface area contributed by atoms with Crippen LogP contribution >= 0.6 is 0 Å². The summed E-state index contributed by atoms with van der Waals surface area (Å²) in [6.45, 7) is 1.99. The van der Waals surface area contributed by atoms with Crippen LogP contribution in [-0.2, 0) is 19.1 Å². The SMILES string of the molecule is COC(=O)C1=CC=CC(C)CC1C(=O)OC. The average Bonchev–Trinajstić information content (AvgIpc) is 2.49. The van der Waals surface area contributed by atoms with E-state index in [2.05, 4.69) is 4.74 Å². The van der Waals surface area contributed by atoms with Gasteiger partial charge in [0.1, 0.15) is 0 Å². The van der Waals surface area contributed by atoms with Crippen LogP contribution < -0.4 is 0 Å². The Bertz CT molecular complexity index is 341. The summed E-state index contributed by atoms with van der Waals surface area (Å²) >= 11 is 0. The molecule has 0 saturated heterocycles. The normalized spacial score (nSPS) is 24.3. The first kappa shape index (κ1) is 12.5. The zero-order valence-electron chi connectivity index (χ0n) is 9.73. The molecule has 1 aliphatic carbocycles. The highest BCUT2D eigenvalue weighted by Gasteiger charge is 2.30. The number of hydrogen-bond donors (Lipinski definition) is 0. The molecule has 1 aliphatic rings. The molecule has 0 saturated carbocycles. The van der Waals surface area contributed by atoms with E-state index in [-0.39, 0.29) is 5.92 Å². The number of rotatable bonds is 2. The number of carbonyl (C=O) groups excluding carboxylic acids is 2. The van der Waals surface area contributed by atoms with Crippen LogP contribution in [0.5, 0.6) is 0 Å². The van der Waals surface area contributed by atoms with E-state index in [1.54, 1.807) is 12.2 Å². The molecule has 16 heavy (non-hydrogen) atoms. The Morgan fingerprint density at radius 3 is 2.56 bits per heavy atom. The Morgan fingerprint density at radius 1 is 1.31 bits per heavy atom. The molecule has 88 valence electrons. The Hall–Kier alpha value is -1.58. The van der Waals surface area contributed by atoms with Crippen molar-refractivity contribution < 1.29 is 19.1 Å². The summed E-state index contributed by atoms with van der Waals surface area (Å²) in [5, 5.41) is 0. The van der Waals surface area contributed by atoms with Gasteiger partial charge in [0.05, 0.1) is 25.7 Å². The Labute approximate surface area is 94.9 Å². The van der Waals surface area contributed by atoms with Crippen LogP contribution in [0.15, 0.2) is 23.8 Å². The predicted octanol–water partition coefficient (Wildman–Crippen LogP) is 1.47. The molecular formula is C12H16O4. The predicted molar refractivity (Wildman–Crippen MR) is 58.5 cm³/mol. The summed E-state index contributed by atoms with van der Waals surface area (Å²) in [4.78, 5) is 23.1.